The molecule has 100 valence electrons. The zero-order chi connectivity index (χ0) is 12.7. The predicted octanol–water partition coefficient (Wildman–Crippen LogP) is 0.881. The van der Waals surface area contributed by atoms with Crippen LogP contribution in [0.2, 0.25) is 0 Å². The molecule has 1 atom stereocenters. The normalized spacial score (nSPS) is 19.5. The summed E-state index contributed by atoms with van der Waals surface area (Å²) in [5, 5.41) is 12.0. The van der Waals surface area contributed by atoms with Gasteiger partial charge in [-0.3, -0.25) is 4.79 Å². The maximum atomic E-state index is 11.0. The lowest BCUT2D eigenvalue weighted by Crippen LogP contribution is -2.44. The van der Waals surface area contributed by atoms with Crippen LogP contribution >= 0.6 is 0 Å². The quantitative estimate of drug-likeness (QED) is 0.697. The minimum absolute atomic E-state index is 0.141. The SMILES string of the molecule is CC(C)NC(COCC1CCOCC1)C(=O)O. The monoisotopic (exact) mass is 245 g/mol. The molecule has 0 aromatic heterocycles. The van der Waals surface area contributed by atoms with E-state index < -0.39 is 12.0 Å². The number of hydrogen-bond donors (Lipinski definition) is 2. The van der Waals surface area contributed by atoms with Crippen LogP contribution in [-0.2, 0) is 14.3 Å². The van der Waals surface area contributed by atoms with E-state index in [1.807, 2.05) is 13.8 Å². The van der Waals surface area contributed by atoms with E-state index in [0.29, 0.717) is 12.5 Å². The fourth-order valence-electron chi connectivity index (χ4n) is 1.86. The van der Waals surface area contributed by atoms with Crippen molar-refractivity contribution in [2.45, 2.75) is 38.8 Å². The molecule has 2 N–H and O–H groups in total. The highest BCUT2D eigenvalue weighted by Gasteiger charge is 2.20. The smallest absolute Gasteiger partial charge is 0.323 e. The van der Waals surface area contributed by atoms with E-state index in [4.69, 9.17) is 14.6 Å². The molecule has 0 aromatic carbocycles. The van der Waals surface area contributed by atoms with Crippen LogP contribution in [0.3, 0.4) is 0 Å². The molecule has 17 heavy (non-hydrogen) atoms. The number of hydrogen-bond acceptors (Lipinski definition) is 4. The van der Waals surface area contributed by atoms with Crippen LogP contribution in [0, 0.1) is 5.92 Å². The molecule has 0 bridgehead atoms. The molecule has 1 fully saturated rings. The lowest BCUT2D eigenvalue weighted by Gasteiger charge is -2.23. The summed E-state index contributed by atoms with van der Waals surface area (Å²) in [4.78, 5) is 11.0. The predicted molar refractivity (Wildman–Crippen MR) is 64.1 cm³/mol. The molecule has 0 spiro atoms. The van der Waals surface area contributed by atoms with Gasteiger partial charge in [0.05, 0.1) is 6.61 Å². The van der Waals surface area contributed by atoms with Crippen LogP contribution in [-0.4, -0.2) is 49.6 Å². The van der Waals surface area contributed by atoms with E-state index in [1.165, 1.54) is 0 Å². The molecule has 1 saturated heterocycles. The number of nitrogens with one attached hydrogen (secondary N) is 1. The number of carboxylic acid groups (broad SMARTS) is 1. The Balaban J connectivity index is 2.19. The van der Waals surface area contributed by atoms with Gasteiger partial charge < -0.3 is 19.9 Å². The molecule has 1 unspecified atom stereocenters. The van der Waals surface area contributed by atoms with Gasteiger partial charge in [-0.2, -0.15) is 0 Å². The molecule has 0 saturated carbocycles. The van der Waals surface area contributed by atoms with E-state index in [1.54, 1.807) is 0 Å². The van der Waals surface area contributed by atoms with Crippen molar-refractivity contribution >= 4 is 5.97 Å². The highest BCUT2D eigenvalue weighted by atomic mass is 16.5. The van der Waals surface area contributed by atoms with Crippen LogP contribution in [0.5, 0.6) is 0 Å². The Labute approximate surface area is 102 Å². The fraction of sp³-hybridized carbons (Fsp3) is 0.917. The number of aliphatic carboxylic acids is 1. The van der Waals surface area contributed by atoms with Crippen LogP contribution in [0.1, 0.15) is 26.7 Å². The molecule has 0 aromatic rings. The van der Waals surface area contributed by atoms with Gasteiger partial charge in [0.25, 0.3) is 0 Å². The third-order valence-electron chi connectivity index (χ3n) is 2.81. The lowest BCUT2D eigenvalue weighted by molar-refractivity contribution is -0.141. The number of carboxylic acids is 1. The summed E-state index contributed by atoms with van der Waals surface area (Å²) in [5.74, 6) is -0.345. The summed E-state index contributed by atoms with van der Waals surface area (Å²) in [6.45, 7) is 6.29. The third-order valence-corrected chi connectivity index (χ3v) is 2.81. The Morgan fingerprint density at radius 2 is 2.12 bits per heavy atom. The summed E-state index contributed by atoms with van der Waals surface area (Å²) in [6.07, 6.45) is 2.02. The van der Waals surface area contributed by atoms with E-state index in [2.05, 4.69) is 5.32 Å². The van der Waals surface area contributed by atoms with Gasteiger partial charge in [0, 0.05) is 25.9 Å². The molecule has 0 radical (unpaired) electrons. The van der Waals surface area contributed by atoms with Crippen molar-refractivity contribution in [1.82, 2.24) is 5.32 Å². The van der Waals surface area contributed by atoms with Crippen LogP contribution in [0.15, 0.2) is 0 Å². The van der Waals surface area contributed by atoms with Crippen LogP contribution in [0.25, 0.3) is 0 Å². The zero-order valence-electron chi connectivity index (χ0n) is 10.6. The highest BCUT2D eigenvalue weighted by molar-refractivity contribution is 5.73. The van der Waals surface area contributed by atoms with E-state index >= 15 is 0 Å². The van der Waals surface area contributed by atoms with Crippen molar-refractivity contribution in [1.29, 1.82) is 0 Å². The second kappa shape index (κ2) is 7.63. The Kier molecular flexibility index (Phi) is 6.47. The van der Waals surface area contributed by atoms with Gasteiger partial charge in [0.2, 0.25) is 0 Å². The number of rotatable bonds is 7. The van der Waals surface area contributed by atoms with Gasteiger partial charge in [-0.15, -0.1) is 0 Å². The summed E-state index contributed by atoms with van der Waals surface area (Å²) in [5.41, 5.74) is 0. The average molecular weight is 245 g/mol. The summed E-state index contributed by atoms with van der Waals surface area (Å²) in [6, 6.07) is -0.474. The molecular weight excluding hydrogens is 222 g/mol. The molecule has 0 aliphatic carbocycles. The van der Waals surface area contributed by atoms with Crippen molar-refractivity contribution < 1.29 is 19.4 Å². The first-order chi connectivity index (χ1) is 8.09. The maximum absolute atomic E-state index is 11.0. The van der Waals surface area contributed by atoms with Gasteiger partial charge >= 0.3 is 5.97 Å². The van der Waals surface area contributed by atoms with Crippen LogP contribution in [0.4, 0.5) is 0 Å². The Hall–Kier alpha value is -0.650. The topological polar surface area (TPSA) is 67.8 Å². The molecule has 1 rings (SSSR count). The first-order valence-corrected chi connectivity index (χ1v) is 6.24. The van der Waals surface area contributed by atoms with Crippen molar-refractivity contribution in [3.8, 4) is 0 Å². The van der Waals surface area contributed by atoms with Gasteiger partial charge in [-0.1, -0.05) is 13.8 Å². The van der Waals surface area contributed by atoms with Crippen molar-refractivity contribution in [2.24, 2.45) is 5.92 Å². The molecule has 1 aliphatic rings. The van der Waals surface area contributed by atoms with E-state index in [-0.39, 0.29) is 12.6 Å². The highest BCUT2D eigenvalue weighted by Crippen LogP contribution is 2.14. The van der Waals surface area contributed by atoms with E-state index in [9.17, 15) is 4.79 Å². The first-order valence-electron chi connectivity index (χ1n) is 6.24. The molecule has 1 aliphatic heterocycles. The van der Waals surface area contributed by atoms with Gasteiger partial charge in [0.15, 0.2) is 0 Å². The fourth-order valence-corrected chi connectivity index (χ4v) is 1.86. The minimum atomic E-state index is -0.856. The molecule has 0 amide bonds. The zero-order valence-corrected chi connectivity index (χ0v) is 10.6. The second-order valence-electron chi connectivity index (χ2n) is 4.81. The molecule has 1 heterocycles. The minimum Gasteiger partial charge on any atom is -0.480 e. The molecule has 5 heteroatoms. The average Bonchev–Trinajstić information content (AvgIpc) is 2.28. The Morgan fingerprint density at radius 1 is 1.47 bits per heavy atom. The summed E-state index contributed by atoms with van der Waals surface area (Å²) >= 11 is 0. The molecule has 5 nitrogen and oxygen atoms in total. The van der Waals surface area contributed by atoms with Gasteiger partial charge in [0.1, 0.15) is 6.04 Å². The Bertz CT molecular complexity index is 227. The van der Waals surface area contributed by atoms with Gasteiger partial charge in [-0.25, -0.2) is 0 Å². The second-order valence-corrected chi connectivity index (χ2v) is 4.81. The largest absolute Gasteiger partial charge is 0.480 e. The van der Waals surface area contributed by atoms with Crippen molar-refractivity contribution in [3.05, 3.63) is 0 Å². The summed E-state index contributed by atoms with van der Waals surface area (Å²) < 4.78 is 10.8. The van der Waals surface area contributed by atoms with Crippen molar-refractivity contribution in [2.75, 3.05) is 26.4 Å². The lowest BCUT2D eigenvalue weighted by atomic mass is 10.0. The standard InChI is InChI=1S/C12H23NO4/c1-9(2)13-11(12(14)15)8-17-7-10-3-5-16-6-4-10/h9-11,13H,3-8H2,1-2H3,(H,14,15). The number of carbonyl (C=O) groups is 1. The van der Waals surface area contributed by atoms with Crippen molar-refractivity contribution in [3.63, 3.8) is 0 Å². The third kappa shape index (κ3) is 6.00. The Morgan fingerprint density at radius 3 is 2.65 bits per heavy atom. The summed E-state index contributed by atoms with van der Waals surface area (Å²) in [7, 11) is 0. The number of ether oxygens (including phenoxy) is 2. The maximum Gasteiger partial charge on any atom is 0.323 e. The first kappa shape index (κ1) is 14.4. The molecular formula is C12H23NO4. The van der Waals surface area contributed by atoms with Gasteiger partial charge in [-0.05, 0) is 18.8 Å². The van der Waals surface area contributed by atoms with Crippen LogP contribution < -0.4 is 5.32 Å². The van der Waals surface area contributed by atoms with E-state index in [0.717, 1.165) is 26.1 Å².